The average molecular weight is 280 g/mol. The molecule has 0 saturated heterocycles. The molecule has 0 aromatic rings. The standard InChI is InChI=1S/C18H32O2/c1-2-3-4-5-6-7-8-12-15-18(19)20-16-17-13-10-9-11-14-17/h2,17H,1,3-16H2. The molecular formula is C18H32O2. The summed E-state index contributed by atoms with van der Waals surface area (Å²) in [6, 6.07) is 0. The van der Waals surface area contributed by atoms with Gasteiger partial charge in [-0.15, -0.1) is 6.58 Å². The number of unbranched alkanes of at least 4 members (excludes halogenated alkanes) is 6. The molecule has 1 aliphatic rings. The van der Waals surface area contributed by atoms with Gasteiger partial charge in [0.05, 0.1) is 6.61 Å². The highest BCUT2D eigenvalue weighted by atomic mass is 16.5. The summed E-state index contributed by atoms with van der Waals surface area (Å²) in [5, 5.41) is 0. The Morgan fingerprint density at radius 2 is 1.65 bits per heavy atom. The van der Waals surface area contributed by atoms with Crippen LogP contribution in [0.3, 0.4) is 0 Å². The first kappa shape index (κ1) is 17.3. The highest BCUT2D eigenvalue weighted by molar-refractivity contribution is 5.69. The second-order valence-electron chi connectivity index (χ2n) is 6.14. The van der Waals surface area contributed by atoms with E-state index in [1.165, 1.54) is 57.8 Å². The van der Waals surface area contributed by atoms with Crippen molar-refractivity contribution in [1.29, 1.82) is 0 Å². The molecule has 1 aliphatic carbocycles. The van der Waals surface area contributed by atoms with Crippen LogP contribution in [0.2, 0.25) is 0 Å². The Hall–Kier alpha value is -0.790. The van der Waals surface area contributed by atoms with Crippen LogP contribution in [0.4, 0.5) is 0 Å². The zero-order valence-corrected chi connectivity index (χ0v) is 13.1. The smallest absolute Gasteiger partial charge is 0.305 e. The summed E-state index contributed by atoms with van der Waals surface area (Å²) in [7, 11) is 0. The van der Waals surface area contributed by atoms with Gasteiger partial charge in [0.1, 0.15) is 0 Å². The predicted molar refractivity (Wildman–Crippen MR) is 84.7 cm³/mol. The normalized spacial score (nSPS) is 16.0. The van der Waals surface area contributed by atoms with Gasteiger partial charge in [0.2, 0.25) is 0 Å². The van der Waals surface area contributed by atoms with Crippen molar-refractivity contribution in [2.75, 3.05) is 6.61 Å². The summed E-state index contributed by atoms with van der Waals surface area (Å²) in [6.45, 7) is 4.39. The van der Waals surface area contributed by atoms with E-state index in [-0.39, 0.29) is 5.97 Å². The second-order valence-corrected chi connectivity index (χ2v) is 6.14. The third-order valence-corrected chi connectivity index (χ3v) is 4.24. The van der Waals surface area contributed by atoms with Crippen LogP contribution < -0.4 is 0 Å². The number of hydrogen-bond donors (Lipinski definition) is 0. The molecule has 116 valence electrons. The highest BCUT2D eigenvalue weighted by Crippen LogP contribution is 2.23. The molecule has 0 heterocycles. The summed E-state index contributed by atoms with van der Waals surface area (Å²) in [5.41, 5.74) is 0. The minimum Gasteiger partial charge on any atom is -0.465 e. The Morgan fingerprint density at radius 1 is 1.00 bits per heavy atom. The summed E-state index contributed by atoms with van der Waals surface area (Å²) < 4.78 is 5.39. The largest absolute Gasteiger partial charge is 0.465 e. The molecule has 2 heteroatoms. The average Bonchev–Trinajstić information content (AvgIpc) is 2.49. The van der Waals surface area contributed by atoms with Crippen LogP contribution in [0.1, 0.15) is 83.5 Å². The van der Waals surface area contributed by atoms with Crippen molar-refractivity contribution in [3.05, 3.63) is 12.7 Å². The molecule has 0 atom stereocenters. The minimum atomic E-state index is 0.0160. The van der Waals surface area contributed by atoms with E-state index in [1.807, 2.05) is 6.08 Å². The first-order chi connectivity index (χ1) is 9.83. The van der Waals surface area contributed by atoms with Gasteiger partial charge < -0.3 is 4.74 Å². The van der Waals surface area contributed by atoms with E-state index < -0.39 is 0 Å². The number of carbonyl (C=O) groups is 1. The van der Waals surface area contributed by atoms with Crippen molar-refractivity contribution < 1.29 is 9.53 Å². The molecule has 0 radical (unpaired) electrons. The van der Waals surface area contributed by atoms with Crippen molar-refractivity contribution in [2.45, 2.75) is 83.5 Å². The Bertz CT molecular complexity index is 254. The maximum absolute atomic E-state index is 11.6. The van der Waals surface area contributed by atoms with E-state index >= 15 is 0 Å². The number of rotatable bonds is 11. The lowest BCUT2D eigenvalue weighted by Crippen LogP contribution is -2.16. The van der Waals surface area contributed by atoms with E-state index in [1.54, 1.807) is 0 Å². The van der Waals surface area contributed by atoms with E-state index in [9.17, 15) is 4.79 Å². The molecule has 0 N–H and O–H groups in total. The van der Waals surface area contributed by atoms with E-state index in [4.69, 9.17) is 4.74 Å². The fourth-order valence-electron chi connectivity index (χ4n) is 2.90. The van der Waals surface area contributed by atoms with Crippen LogP contribution >= 0.6 is 0 Å². The van der Waals surface area contributed by atoms with Gasteiger partial charge in [-0.3, -0.25) is 4.79 Å². The van der Waals surface area contributed by atoms with Crippen LogP contribution in [0.15, 0.2) is 12.7 Å². The first-order valence-electron chi connectivity index (χ1n) is 8.59. The van der Waals surface area contributed by atoms with Gasteiger partial charge in [-0.1, -0.05) is 51.0 Å². The molecular weight excluding hydrogens is 248 g/mol. The molecule has 0 aliphatic heterocycles. The Balaban J connectivity index is 1.86. The lowest BCUT2D eigenvalue weighted by molar-refractivity contribution is -0.145. The molecule has 0 spiro atoms. The maximum Gasteiger partial charge on any atom is 0.305 e. The molecule has 0 bridgehead atoms. The third kappa shape index (κ3) is 9.17. The van der Waals surface area contributed by atoms with E-state index in [0.29, 0.717) is 18.9 Å². The van der Waals surface area contributed by atoms with Gasteiger partial charge in [-0.05, 0) is 38.0 Å². The van der Waals surface area contributed by atoms with Crippen molar-refractivity contribution in [3.63, 3.8) is 0 Å². The van der Waals surface area contributed by atoms with Crippen LogP contribution in [0.25, 0.3) is 0 Å². The number of esters is 1. The van der Waals surface area contributed by atoms with Gasteiger partial charge >= 0.3 is 5.97 Å². The van der Waals surface area contributed by atoms with Crippen molar-refractivity contribution >= 4 is 5.97 Å². The summed E-state index contributed by atoms with van der Waals surface area (Å²) >= 11 is 0. The molecule has 0 amide bonds. The van der Waals surface area contributed by atoms with E-state index in [2.05, 4.69) is 6.58 Å². The molecule has 0 aromatic heterocycles. The first-order valence-corrected chi connectivity index (χ1v) is 8.59. The lowest BCUT2D eigenvalue weighted by Gasteiger charge is -2.20. The monoisotopic (exact) mass is 280 g/mol. The molecule has 1 fully saturated rings. The lowest BCUT2D eigenvalue weighted by atomic mass is 9.90. The number of allylic oxidation sites excluding steroid dienone is 1. The zero-order chi connectivity index (χ0) is 14.5. The van der Waals surface area contributed by atoms with Gasteiger partial charge in [-0.2, -0.15) is 0 Å². The van der Waals surface area contributed by atoms with Gasteiger partial charge in [0, 0.05) is 6.42 Å². The summed E-state index contributed by atoms with van der Waals surface area (Å²) in [6.07, 6.45) is 17.4. The van der Waals surface area contributed by atoms with E-state index in [0.717, 1.165) is 19.3 Å². The van der Waals surface area contributed by atoms with Crippen LogP contribution in [-0.4, -0.2) is 12.6 Å². The summed E-state index contributed by atoms with van der Waals surface area (Å²) in [5.74, 6) is 0.653. The number of carbonyl (C=O) groups excluding carboxylic acids is 1. The predicted octanol–water partition coefficient (Wildman–Crippen LogP) is 5.42. The Morgan fingerprint density at radius 3 is 2.35 bits per heavy atom. The van der Waals surface area contributed by atoms with Crippen molar-refractivity contribution in [1.82, 2.24) is 0 Å². The van der Waals surface area contributed by atoms with Gasteiger partial charge in [-0.25, -0.2) is 0 Å². The molecule has 2 nitrogen and oxygen atoms in total. The third-order valence-electron chi connectivity index (χ3n) is 4.24. The number of hydrogen-bond acceptors (Lipinski definition) is 2. The topological polar surface area (TPSA) is 26.3 Å². The molecule has 1 rings (SSSR count). The zero-order valence-electron chi connectivity index (χ0n) is 13.1. The fraction of sp³-hybridized carbons (Fsp3) is 0.833. The molecule has 1 saturated carbocycles. The highest BCUT2D eigenvalue weighted by Gasteiger charge is 2.15. The Labute approximate surface area is 125 Å². The van der Waals surface area contributed by atoms with Gasteiger partial charge in [0.15, 0.2) is 0 Å². The quantitative estimate of drug-likeness (QED) is 0.287. The van der Waals surface area contributed by atoms with Gasteiger partial charge in [0.25, 0.3) is 0 Å². The van der Waals surface area contributed by atoms with Crippen LogP contribution in [0, 0.1) is 5.92 Å². The maximum atomic E-state index is 11.6. The minimum absolute atomic E-state index is 0.0160. The Kier molecular flexibility index (Phi) is 10.3. The number of ether oxygens (including phenoxy) is 1. The molecule has 0 unspecified atom stereocenters. The van der Waals surface area contributed by atoms with Crippen LogP contribution in [-0.2, 0) is 9.53 Å². The van der Waals surface area contributed by atoms with Crippen molar-refractivity contribution in [3.8, 4) is 0 Å². The molecule has 20 heavy (non-hydrogen) atoms. The van der Waals surface area contributed by atoms with Crippen LogP contribution in [0.5, 0.6) is 0 Å². The summed E-state index contributed by atoms with van der Waals surface area (Å²) in [4.78, 5) is 11.6. The SMILES string of the molecule is C=CCCCCCCCCC(=O)OCC1CCCCC1. The molecule has 0 aromatic carbocycles. The fourth-order valence-corrected chi connectivity index (χ4v) is 2.90. The second kappa shape index (κ2) is 12.0. The van der Waals surface area contributed by atoms with Crippen molar-refractivity contribution in [2.24, 2.45) is 5.92 Å².